The third-order valence-electron chi connectivity index (χ3n) is 2.56. The monoisotopic (exact) mass is 296 g/mol. The summed E-state index contributed by atoms with van der Waals surface area (Å²) < 4.78 is 26.7. The van der Waals surface area contributed by atoms with Crippen molar-refractivity contribution in [3.8, 4) is 0 Å². The molecule has 3 N–H and O–H groups in total. The Morgan fingerprint density at radius 1 is 1.00 bits per heavy atom. The number of anilines is 1. The normalized spacial score (nSPS) is 13.1. The summed E-state index contributed by atoms with van der Waals surface area (Å²) in [6, 6.07) is 15.1. The van der Waals surface area contributed by atoms with Crippen molar-refractivity contribution >= 4 is 27.3 Å². The Balaban J connectivity index is 2.26. The maximum atomic E-state index is 12.2. The molecule has 0 spiro atoms. The highest BCUT2D eigenvalue weighted by molar-refractivity contribution is 7.89. The number of hydrogen-bond acceptors (Lipinski definition) is 3. The summed E-state index contributed by atoms with van der Waals surface area (Å²) in [7, 11) is -3.75. The predicted octanol–water partition coefficient (Wildman–Crippen LogP) is 2.48. The third-order valence-corrected chi connectivity index (χ3v) is 4.55. The van der Waals surface area contributed by atoms with Crippen LogP contribution in [0.5, 0.6) is 0 Å². The van der Waals surface area contributed by atoms with Crippen molar-refractivity contribution in [2.45, 2.75) is 10.4 Å². The second-order valence-corrected chi connectivity index (χ2v) is 6.05. The van der Waals surface area contributed by atoms with E-state index in [0.29, 0.717) is 5.56 Å². The van der Waals surface area contributed by atoms with Crippen LogP contribution in [-0.2, 0) is 10.0 Å². The van der Waals surface area contributed by atoms with Crippen LogP contribution < -0.4 is 10.5 Å². The zero-order chi connectivity index (χ0) is 13.9. The molecule has 6 heteroatoms. The molecule has 0 heterocycles. The van der Waals surface area contributed by atoms with Crippen molar-refractivity contribution < 1.29 is 8.42 Å². The van der Waals surface area contributed by atoms with Crippen LogP contribution >= 0.6 is 11.6 Å². The fourth-order valence-corrected chi connectivity index (χ4v) is 3.28. The van der Waals surface area contributed by atoms with Crippen LogP contribution in [0, 0.1) is 0 Å². The standard InChI is InChI=1S/C13H13ClN2O2S/c14-13(10-6-2-1-3-7-10)16-19(17,18)12-9-5-4-8-11(12)15/h1-9,13,16H,15H2/t13-/m1/s1. The van der Waals surface area contributed by atoms with Crippen molar-refractivity contribution in [3.63, 3.8) is 0 Å². The number of nitrogens with two attached hydrogens (primary N) is 1. The summed E-state index contributed by atoms with van der Waals surface area (Å²) in [4.78, 5) is 0.0246. The second-order valence-electron chi connectivity index (χ2n) is 3.93. The topological polar surface area (TPSA) is 72.2 Å². The smallest absolute Gasteiger partial charge is 0.244 e. The third kappa shape index (κ3) is 3.26. The van der Waals surface area contributed by atoms with E-state index in [4.69, 9.17) is 17.3 Å². The molecule has 0 aliphatic heterocycles. The van der Waals surface area contributed by atoms with Gasteiger partial charge in [0.25, 0.3) is 0 Å². The molecule has 2 aromatic carbocycles. The maximum absolute atomic E-state index is 12.2. The van der Waals surface area contributed by atoms with Crippen molar-refractivity contribution in [2.75, 3.05) is 5.73 Å². The SMILES string of the molecule is Nc1ccccc1S(=O)(=O)N[C@@H](Cl)c1ccccc1. The lowest BCUT2D eigenvalue weighted by Crippen LogP contribution is -2.26. The number of benzene rings is 2. The van der Waals surface area contributed by atoms with Crippen LogP contribution in [0.15, 0.2) is 59.5 Å². The molecule has 0 fully saturated rings. The fourth-order valence-electron chi connectivity index (χ4n) is 1.62. The van der Waals surface area contributed by atoms with E-state index in [1.165, 1.54) is 12.1 Å². The molecular weight excluding hydrogens is 284 g/mol. The first kappa shape index (κ1) is 13.9. The van der Waals surface area contributed by atoms with E-state index in [0.717, 1.165) is 0 Å². The highest BCUT2D eigenvalue weighted by Gasteiger charge is 2.21. The van der Waals surface area contributed by atoms with Gasteiger partial charge in [0, 0.05) is 0 Å². The number of hydrogen-bond donors (Lipinski definition) is 2. The molecule has 0 aliphatic rings. The van der Waals surface area contributed by atoms with Gasteiger partial charge in [-0.3, -0.25) is 0 Å². The second kappa shape index (κ2) is 5.61. The predicted molar refractivity (Wildman–Crippen MR) is 76.2 cm³/mol. The van der Waals surface area contributed by atoms with Gasteiger partial charge in [-0.25, -0.2) is 8.42 Å². The number of alkyl halides is 1. The van der Waals surface area contributed by atoms with Crippen molar-refractivity contribution in [1.29, 1.82) is 0 Å². The van der Waals surface area contributed by atoms with Gasteiger partial charge in [-0.15, -0.1) is 0 Å². The molecule has 100 valence electrons. The molecule has 2 rings (SSSR count). The zero-order valence-corrected chi connectivity index (χ0v) is 11.5. The zero-order valence-electron chi connectivity index (χ0n) is 9.95. The molecule has 19 heavy (non-hydrogen) atoms. The lowest BCUT2D eigenvalue weighted by atomic mass is 10.2. The number of rotatable bonds is 4. The van der Waals surface area contributed by atoms with Gasteiger partial charge in [0.1, 0.15) is 10.4 Å². The van der Waals surface area contributed by atoms with Crippen LogP contribution in [0.2, 0.25) is 0 Å². The number of nitrogens with one attached hydrogen (secondary N) is 1. The van der Waals surface area contributed by atoms with E-state index in [-0.39, 0.29) is 10.6 Å². The van der Waals surface area contributed by atoms with Crippen LogP contribution in [0.4, 0.5) is 5.69 Å². The molecule has 0 amide bonds. The van der Waals surface area contributed by atoms with Crippen LogP contribution in [-0.4, -0.2) is 8.42 Å². The molecule has 0 unspecified atom stereocenters. The van der Waals surface area contributed by atoms with Gasteiger partial charge in [-0.2, -0.15) is 4.72 Å². The molecule has 0 radical (unpaired) electrons. The van der Waals surface area contributed by atoms with Crippen LogP contribution in [0.3, 0.4) is 0 Å². The van der Waals surface area contributed by atoms with Gasteiger partial charge in [0.05, 0.1) is 5.69 Å². The Bertz CT molecular complexity index is 659. The van der Waals surface area contributed by atoms with E-state index >= 15 is 0 Å². The van der Waals surface area contributed by atoms with Gasteiger partial charge < -0.3 is 5.73 Å². The lowest BCUT2D eigenvalue weighted by Gasteiger charge is -2.13. The van der Waals surface area contributed by atoms with Crippen molar-refractivity contribution in [1.82, 2.24) is 4.72 Å². The summed E-state index contributed by atoms with van der Waals surface area (Å²) in [6.07, 6.45) is 0. The average Bonchev–Trinajstić information content (AvgIpc) is 2.39. The van der Waals surface area contributed by atoms with Gasteiger partial charge in [0.2, 0.25) is 10.0 Å². The Morgan fingerprint density at radius 3 is 2.21 bits per heavy atom. The van der Waals surface area contributed by atoms with Crippen LogP contribution in [0.25, 0.3) is 0 Å². The molecule has 0 bridgehead atoms. The molecule has 0 saturated heterocycles. The van der Waals surface area contributed by atoms with Gasteiger partial charge in [-0.05, 0) is 17.7 Å². The maximum Gasteiger partial charge on any atom is 0.244 e. The number of para-hydroxylation sites is 1. The van der Waals surface area contributed by atoms with Gasteiger partial charge in [0.15, 0.2) is 0 Å². The van der Waals surface area contributed by atoms with E-state index in [2.05, 4.69) is 4.72 Å². The Morgan fingerprint density at radius 2 is 1.58 bits per heavy atom. The highest BCUT2D eigenvalue weighted by atomic mass is 35.5. The molecule has 0 aromatic heterocycles. The molecule has 4 nitrogen and oxygen atoms in total. The number of nitrogen functional groups attached to an aromatic ring is 1. The summed E-state index contributed by atoms with van der Waals surface area (Å²) in [5, 5.41) is 0. The fraction of sp³-hybridized carbons (Fsp3) is 0.0769. The largest absolute Gasteiger partial charge is 0.398 e. The summed E-state index contributed by atoms with van der Waals surface area (Å²) in [5.74, 6) is 0. The van der Waals surface area contributed by atoms with Crippen LogP contribution in [0.1, 0.15) is 11.1 Å². The number of halogens is 1. The first-order valence-electron chi connectivity index (χ1n) is 5.56. The minimum atomic E-state index is -3.75. The summed E-state index contributed by atoms with van der Waals surface area (Å²) in [5.41, 5.74) is 5.67. The lowest BCUT2D eigenvalue weighted by molar-refractivity contribution is 0.580. The Labute approximate surface area is 117 Å². The summed E-state index contributed by atoms with van der Waals surface area (Å²) in [6.45, 7) is 0. The van der Waals surface area contributed by atoms with E-state index in [9.17, 15) is 8.42 Å². The molecule has 0 aliphatic carbocycles. The quantitative estimate of drug-likeness (QED) is 0.517. The van der Waals surface area contributed by atoms with E-state index < -0.39 is 15.5 Å². The first-order chi connectivity index (χ1) is 9.00. The van der Waals surface area contributed by atoms with Crippen molar-refractivity contribution in [2.24, 2.45) is 0 Å². The highest BCUT2D eigenvalue weighted by Crippen LogP contribution is 2.23. The molecule has 2 aromatic rings. The molecular formula is C13H13ClN2O2S. The average molecular weight is 297 g/mol. The van der Waals surface area contributed by atoms with Crippen molar-refractivity contribution in [3.05, 3.63) is 60.2 Å². The van der Waals surface area contributed by atoms with E-state index in [1.807, 2.05) is 6.07 Å². The first-order valence-corrected chi connectivity index (χ1v) is 7.48. The number of sulfonamides is 1. The Kier molecular flexibility index (Phi) is 4.09. The van der Waals surface area contributed by atoms with Gasteiger partial charge in [-0.1, -0.05) is 54.1 Å². The summed E-state index contributed by atoms with van der Waals surface area (Å²) >= 11 is 6.06. The molecule has 0 saturated carbocycles. The van der Waals surface area contributed by atoms with E-state index in [1.54, 1.807) is 36.4 Å². The minimum Gasteiger partial charge on any atom is -0.398 e. The molecule has 1 atom stereocenters. The Hall–Kier alpha value is -1.56. The van der Waals surface area contributed by atoms with Gasteiger partial charge >= 0.3 is 0 Å². The minimum absolute atomic E-state index is 0.0246.